The summed E-state index contributed by atoms with van der Waals surface area (Å²) in [7, 11) is 0. The van der Waals surface area contributed by atoms with Gasteiger partial charge in [-0.1, -0.05) is 26.0 Å². The molecule has 2 N–H and O–H groups in total. The fourth-order valence-corrected chi connectivity index (χ4v) is 3.61. The number of anilines is 1. The summed E-state index contributed by atoms with van der Waals surface area (Å²) in [5.74, 6) is 0.114. The molecule has 1 atom stereocenters. The van der Waals surface area contributed by atoms with Gasteiger partial charge in [-0.15, -0.1) is 0 Å². The van der Waals surface area contributed by atoms with Gasteiger partial charge < -0.3 is 20.1 Å². The minimum absolute atomic E-state index is 0.0711. The van der Waals surface area contributed by atoms with Crippen molar-refractivity contribution in [1.29, 1.82) is 0 Å². The Morgan fingerprint density at radius 1 is 1.09 bits per heavy atom. The molecular weight excluding hydrogens is 406 g/mol. The lowest BCUT2D eigenvalue weighted by Gasteiger charge is -2.26. The molecule has 1 unspecified atom stereocenters. The summed E-state index contributed by atoms with van der Waals surface area (Å²) in [5, 5.41) is 5.84. The highest BCUT2D eigenvalue weighted by molar-refractivity contribution is 6.01. The number of carbonyl (C=O) groups excluding carboxylic acids is 2. The van der Waals surface area contributed by atoms with E-state index in [4.69, 9.17) is 9.47 Å². The zero-order valence-electron chi connectivity index (χ0n) is 19.1. The molecule has 7 heteroatoms. The number of amides is 2. The number of ether oxygens (including phenoxy) is 2. The van der Waals surface area contributed by atoms with E-state index in [1.54, 1.807) is 24.3 Å². The van der Waals surface area contributed by atoms with Gasteiger partial charge in [-0.2, -0.15) is 0 Å². The van der Waals surface area contributed by atoms with Crippen molar-refractivity contribution in [2.75, 3.05) is 38.2 Å². The maximum absolute atomic E-state index is 13.0. The van der Waals surface area contributed by atoms with Crippen LogP contribution in [0.25, 0.3) is 0 Å². The standard InChI is InChI=1S/C25H33N3O4/c1-4-32-22-10-8-20(9-11-22)24(29)27-23(18(2)3)25(30)26-21-7-5-6-19(16-21)17-28-12-14-31-15-13-28/h5-11,16,18,23H,4,12-15,17H2,1-3H3,(H,26,30)(H,27,29). The minimum atomic E-state index is -0.656. The summed E-state index contributed by atoms with van der Waals surface area (Å²) in [6.07, 6.45) is 0. The molecule has 7 nitrogen and oxygen atoms in total. The lowest BCUT2D eigenvalue weighted by Crippen LogP contribution is -2.47. The Bertz CT molecular complexity index is 892. The zero-order valence-corrected chi connectivity index (χ0v) is 19.1. The van der Waals surface area contributed by atoms with Crippen LogP contribution in [-0.4, -0.2) is 55.7 Å². The van der Waals surface area contributed by atoms with E-state index in [2.05, 4.69) is 21.6 Å². The van der Waals surface area contributed by atoms with Gasteiger partial charge in [0.15, 0.2) is 0 Å². The van der Waals surface area contributed by atoms with E-state index in [9.17, 15) is 9.59 Å². The third-order valence-corrected chi connectivity index (χ3v) is 5.37. The third-order valence-electron chi connectivity index (χ3n) is 5.37. The van der Waals surface area contributed by atoms with Gasteiger partial charge in [0, 0.05) is 30.9 Å². The van der Waals surface area contributed by atoms with Crippen molar-refractivity contribution in [2.24, 2.45) is 5.92 Å². The largest absolute Gasteiger partial charge is 0.494 e. The van der Waals surface area contributed by atoms with E-state index in [0.717, 1.165) is 44.1 Å². The van der Waals surface area contributed by atoms with E-state index >= 15 is 0 Å². The predicted octanol–water partition coefficient (Wildman–Crippen LogP) is 3.31. The number of hydrogen-bond acceptors (Lipinski definition) is 5. The maximum atomic E-state index is 13.0. The second-order valence-electron chi connectivity index (χ2n) is 8.23. The molecule has 0 aromatic heterocycles. The molecule has 2 aromatic rings. The molecule has 1 heterocycles. The predicted molar refractivity (Wildman–Crippen MR) is 125 cm³/mol. The summed E-state index contributed by atoms with van der Waals surface area (Å²) in [5.41, 5.74) is 2.34. The van der Waals surface area contributed by atoms with Crippen molar-refractivity contribution in [1.82, 2.24) is 10.2 Å². The van der Waals surface area contributed by atoms with Gasteiger partial charge in [0.1, 0.15) is 11.8 Å². The van der Waals surface area contributed by atoms with Gasteiger partial charge in [0.2, 0.25) is 5.91 Å². The molecule has 1 fully saturated rings. The molecule has 1 aliphatic rings. The van der Waals surface area contributed by atoms with Crippen molar-refractivity contribution < 1.29 is 19.1 Å². The Labute approximate surface area is 190 Å². The third kappa shape index (κ3) is 6.80. The van der Waals surface area contributed by atoms with E-state index in [-0.39, 0.29) is 17.7 Å². The van der Waals surface area contributed by atoms with Crippen LogP contribution in [0.2, 0.25) is 0 Å². The van der Waals surface area contributed by atoms with Crippen molar-refractivity contribution in [3.63, 3.8) is 0 Å². The highest BCUT2D eigenvalue weighted by Crippen LogP contribution is 2.16. The molecule has 0 saturated carbocycles. The molecule has 3 rings (SSSR count). The van der Waals surface area contributed by atoms with Crippen LogP contribution in [0, 0.1) is 5.92 Å². The van der Waals surface area contributed by atoms with Gasteiger partial charge in [0.05, 0.1) is 19.8 Å². The fourth-order valence-electron chi connectivity index (χ4n) is 3.61. The van der Waals surface area contributed by atoms with E-state index in [0.29, 0.717) is 17.9 Å². The van der Waals surface area contributed by atoms with Gasteiger partial charge >= 0.3 is 0 Å². The Hall–Kier alpha value is -2.90. The Balaban J connectivity index is 1.62. The SMILES string of the molecule is CCOc1ccc(C(=O)NC(C(=O)Nc2cccc(CN3CCOCC3)c2)C(C)C)cc1. The number of nitrogens with one attached hydrogen (secondary N) is 2. The van der Waals surface area contributed by atoms with Gasteiger partial charge in [-0.3, -0.25) is 14.5 Å². The Kier molecular flexibility index (Phi) is 8.64. The average Bonchev–Trinajstić information content (AvgIpc) is 2.78. The van der Waals surface area contributed by atoms with Crippen LogP contribution < -0.4 is 15.4 Å². The van der Waals surface area contributed by atoms with Crippen LogP contribution in [-0.2, 0) is 16.1 Å². The first-order chi connectivity index (χ1) is 15.5. The second kappa shape index (κ2) is 11.6. The second-order valence-corrected chi connectivity index (χ2v) is 8.23. The summed E-state index contributed by atoms with van der Waals surface area (Å²) in [6, 6.07) is 14.1. The minimum Gasteiger partial charge on any atom is -0.494 e. The van der Waals surface area contributed by atoms with Crippen LogP contribution in [0.1, 0.15) is 36.7 Å². The topological polar surface area (TPSA) is 79.9 Å². The van der Waals surface area contributed by atoms with Crippen LogP contribution >= 0.6 is 0 Å². The highest BCUT2D eigenvalue weighted by atomic mass is 16.5. The van der Waals surface area contributed by atoms with Crippen LogP contribution in [0.3, 0.4) is 0 Å². The summed E-state index contributed by atoms with van der Waals surface area (Å²) >= 11 is 0. The molecule has 2 aromatic carbocycles. The molecular formula is C25H33N3O4. The monoisotopic (exact) mass is 439 g/mol. The highest BCUT2D eigenvalue weighted by Gasteiger charge is 2.25. The van der Waals surface area contributed by atoms with Gasteiger partial charge in [0.25, 0.3) is 5.91 Å². The zero-order chi connectivity index (χ0) is 22.9. The quantitative estimate of drug-likeness (QED) is 0.627. The number of nitrogens with zero attached hydrogens (tertiary/aromatic N) is 1. The van der Waals surface area contributed by atoms with Crippen molar-refractivity contribution in [3.8, 4) is 5.75 Å². The number of benzene rings is 2. The molecule has 0 spiro atoms. The van der Waals surface area contributed by atoms with E-state index in [1.165, 1.54) is 0 Å². The number of rotatable bonds is 9. The first-order valence-electron chi connectivity index (χ1n) is 11.2. The van der Waals surface area contributed by atoms with Crippen molar-refractivity contribution >= 4 is 17.5 Å². The molecule has 32 heavy (non-hydrogen) atoms. The molecule has 0 aliphatic carbocycles. The molecule has 2 amide bonds. The Morgan fingerprint density at radius 2 is 1.81 bits per heavy atom. The summed E-state index contributed by atoms with van der Waals surface area (Å²) in [4.78, 5) is 28.0. The van der Waals surface area contributed by atoms with Crippen LogP contribution in [0.5, 0.6) is 5.75 Å². The van der Waals surface area contributed by atoms with E-state index in [1.807, 2.05) is 39.0 Å². The van der Waals surface area contributed by atoms with Gasteiger partial charge in [-0.05, 0) is 54.8 Å². The van der Waals surface area contributed by atoms with Crippen LogP contribution in [0.15, 0.2) is 48.5 Å². The maximum Gasteiger partial charge on any atom is 0.251 e. The first kappa shape index (κ1) is 23.8. The average molecular weight is 440 g/mol. The first-order valence-corrected chi connectivity index (χ1v) is 11.2. The smallest absolute Gasteiger partial charge is 0.251 e. The van der Waals surface area contributed by atoms with Gasteiger partial charge in [-0.25, -0.2) is 0 Å². The molecule has 1 aliphatic heterocycles. The van der Waals surface area contributed by atoms with Crippen molar-refractivity contribution in [3.05, 3.63) is 59.7 Å². The van der Waals surface area contributed by atoms with Crippen LogP contribution in [0.4, 0.5) is 5.69 Å². The van der Waals surface area contributed by atoms with Crippen molar-refractivity contribution in [2.45, 2.75) is 33.4 Å². The molecule has 0 radical (unpaired) electrons. The fraction of sp³-hybridized carbons (Fsp3) is 0.440. The van der Waals surface area contributed by atoms with E-state index < -0.39 is 6.04 Å². The molecule has 0 bridgehead atoms. The normalized spacial score (nSPS) is 15.2. The molecule has 1 saturated heterocycles. The number of hydrogen-bond donors (Lipinski definition) is 2. The number of carbonyl (C=O) groups is 2. The molecule has 172 valence electrons. The number of morpholine rings is 1. The Morgan fingerprint density at radius 3 is 2.47 bits per heavy atom. The summed E-state index contributed by atoms with van der Waals surface area (Å²) < 4.78 is 10.8. The lowest BCUT2D eigenvalue weighted by atomic mass is 10.0. The summed E-state index contributed by atoms with van der Waals surface area (Å²) in [6.45, 7) is 10.4. The lowest BCUT2D eigenvalue weighted by molar-refractivity contribution is -0.118.